The molecule has 4 rings (SSSR count). The molecule has 0 aliphatic heterocycles. The number of carbonyl (C=O) groups excluding carboxylic acids is 5. The van der Waals surface area contributed by atoms with Gasteiger partial charge in [-0.2, -0.15) is 27.2 Å². The molecular formula is C35H33F5N6O6. The van der Waals surface area contributed by atoms with Crippen LogP contribution >= 0.6 is 0 Å². The van der Waals surface area contributed by atoms with Gasteiger partial charge in [0, 0.05) is 12.6 Å². The van der Waals surface area contributed by atoms with Crippen molar-refractivity contribution in [2.45, 2.75) is 55.9 Å². The maximum Gasteiger partial charge on any atom is 0.405 e. The van der Waals surface area contributed by atoms with E-state index in [1.807, 2.05) is 6.07 Å². The SMILES string of the molecule is COc1ccc(C(NC(=O)C(Cc2cccc(C#N)c2)NC(=O)c2ccccn2)C(=O)NC(C(=O)C(F)(F)C(=O)NCC(F)(F)F)C2CCC2)cc1. The van der Waals surface area contributed by atoms with Crippen LogP contribution < -0.4 is 26.0 Å². The average molecular weight is 729 g/mol. The largest absolute Gasteiger partial charge is 0.497 e. The minimum absolute atomic E-state index is 0.0439. The lowest BCUT2D eigenvalue weighted by Gasteiger charge is -2.35. The monoisotopic (exact) mass is 728 g/mol. The summed E-state index contributed by atoms with van der Waals surface area (Å²) in [7, 11) is 1.37. The molecule has 0 radical (unpaired) electrons. The van der Waals surface area contributed by atoms with Crippen LogP contribution in [-0.4, -0.2) is 72.2 Å². The molecule has 0 spiro atoms. The minimum atomic E-state index is -5.03. The molecule has 12 nitrogen and oxygen atoms in total. The molecule has 0 bridgehead atoms. The Balaban J connectivity index is 1.65. The number of carbonyl (C=O) groups is 5. The summed E-state index contributed by atoms with van der Waals surface area (Å²) in [5, 5.41) is 17.6. The Hall–Kier alpha value is -5.92. The molecule has 4 amide bonds. The molecule has 1 saturated carbocycles. The summed E-state index contributed by atoms with van der Waals surface area (Å²) in [6.07, 6.45) is -3.01. The van der Waals surface area contributed by atoms with Gasteiger partial charge in [-0.25, -0.2) is 0 Å². The van der Waals surface area contributed by atoms with Gasteiger partial charge in [-0.1, -0.05) is 36.8 Å². The van der Waals surface area contributed by atoms with E-state index in [4.69, 9.17) is 4.74 Å². The molecule has 3 unspecified atom stereocenters. The van der Waals surface area contributed by atoms with Gasteiger partial charge in [-0.3, -0.25) is 29.0 Å². The maximum absolute atomic E-state index is 15.0. The van der Waals surface area contributed by atoms with E-state index >= 15 is 8.78 Å². The zero-order valence-electron chi connectivity index (χ0n) is 27.5. The van der Waals surface area contributed by atoms with Gasteiger partial charge in [0.1, 0.15) is 30.1 Å². The predicted octanol–water partition coefficient (Wildman–Crippen LogP) is 3.33. The molecule has 1 fully saturated rings. The van der Waals surface area contributed by atoms with Crippen molar-refractivity contribution in [1.82, 2.24) is 26.3 Å². The standard InChI is InChI=1S/C35H33F5N6O6/c1-52-24-13-11-23(12-14-24)28(32(50)45-27(22-8-5-9-22)29(47)35(39,40)33(51)43-19-34(36,37)38)46-31(49)26(17-20-6-4-7-21(16-20)18-41)44-30(48)25-10-2-3-15-42-25/h2-4,6-7,10-16,22,26-28H,5,8-9,17,19H2,1H3,(H,43,51)(H,44,48)(H,45,50)(H,46,49). The number of ether oxygens (including phenoxy) is 1. The van der Waals surface area contributed by atoms with Crippen molar-refractivity contribution in [1.29, 1.82) is 5.26 Å². The van der Waals surface area contributed by atoms with E-state index in [-0.39, 0.29) is 36.1 Å². The van der Waals surface area contributed by atoms with Crippen molar-refractivity contribution >= 4 is 29.4 Å². The van der Waals surface area contributed by atoms with Crippen LogP contribution in [0.1, 0.15) is 52.5 Å². The van der Waals surface area contributed by atoms with Crippen LogP contribution in [0.3, 0.4) is 0 Å². The Kier molecular flexibility index (Phi) is 12.6. The lowest BCUT2D eigenvalue weighted by molar-refractivity contribution is -0.166. The number of Topliss-reactive ketones (excluding diaryl/α,β-unsaturated/α-hetero) is 1. The number of alkyl halides is 5. The molecule has 4 N–H and O–H groups in total. The van der Waals surface area contributed by atoms with Crippen molar-refractivity contribution in [2.24, 2.45) is 5.92 Å². The number of aromatic nitrogens is 1. The summed E-state index contributed by atoms with van der Waals surface area (Å²) in [6, 6.07) is 13.2. The van der Waals surface area contributed by atoms with Crippen LogP contribution in [0.15, 0.2) is 72.9 Å². The van der Waals surface area contributed by atoms with E-state index in [1.54, 1.807) is 24.3 Å². The van der Waals surface area contributed by atoms with E-state index < -0.39 is 72.1 Å². The molecular weight excluding hydrogens is 695 g/mol. The minimum Gasteiger partial charge on any atom is -0.497 e. The fraction of sp³-hybridized carbons (Fsp3) is 0.343. The molecule has 3 aromatic rings. The van der Waals surface area contributed by atoms with Gasteiger partial charge >= 0.3 is 12.1 Å². The van der Waals surface area contributed by atoms with Crippen molar-refractivity contribution in [2.75, 3.05) is 13.7 Å². The highest BCUT2D eigenvalue weighted by Crippen LogP contribution is 2.34. The highest BCUT2D eigenvalue weighted by Gasteiger charge is 2.53. The molecule has 1 aliphatic rings. The predicted molar refractivity (Wildman–Crippen MR) is 173 cm³/mol. The third-order valence-electron chi connectivity index (χ3n) is 8.26. The van der Waals surface area contributed by atoms with Crippen LogP contribution in [0.25, 0.3) is 0 Å². The number of pyridine rings is 1. The Morgan fingerprint density at radius 1 is 0.923 bits per heavy atom. The van der Waals surface area contributed by atoms with Gasteiger partial charge in [0.2, 0.25) is 17.6 Å². The number of nitrogens with zero attached hydrogens (tertiary/aromatic N) is 2. The number of rotatable bonds is 15. The molecule has 0 saturated heterocycles. The van der Waals surface area contributed by atoms with Crippen LogP contribution in [0, 0.1) is 17.2 Å². The summed E-state index contributed by atoms with van der Waals surface area (Å²) in [5.41, 5.74) is 0.756. The first-order chi connectivity index (χ1) is 24.6. The molecule has 1 heterocycles. The molecule has 3 atom stereocenters. The average Bonchev–Trinajstić information content (AvgIpc) is 3.11. The zero-order valence-corrected chi connectivity index (χ0v) is 27.5. The number of methoxy groups -OCH3 is 1. The number of halogens is 5. The van der Waals surface area contributed by atoms with Crippen molar-refractivity contribution in [3.8, 4) is 11.8 Å². The summed E-state index contributed by atoms with van der Waals surface area (Å²) in [6.45, 7) is -2.11. The molecule has 17 heteroatoms. The molecule has 1 aromatic heterocycles. The smallest absolute Gasteiger partial charge is 0.405 e. The Labute approximate surface area is 294 Å². The van der Waals surface area contributed by atoms with Crippen LogP contribution in [0.5, 0.6) is 5.75 Å². The lowest BCUT2D eigenvalue weighted by atomic mass is 9.77. The van der Waals surface area contributed by atoms with Gasteiger partial charge in [-0.15, -0.1) is 0 Å². The molecule has 274 valence electrons. The number of hydrogen-bond acceptors (Lipinski definition) is 8. The highest BCUT2D eigenvalue weighted by atomic mass is 19.4. The third kappa shape index (κ3) is 10.1. The van der Waals surface area contributed by atoms with Crippen molar-refractivity contribution in [3.05, 3.63) is 95.3 Å². The van der Waals surface area contributed by atoms with Crippen molar-refractivity contribution < 1.29 is 50.7 Å². The molecule has 1 aliphatic carbocycles. The van der Waals surface area contributed by atoms with Gasteiger partial charge in [0.15, 0.2) is 0 Å². The third-order valence-corrected chi connectivity index (χ3v) is 8.26. The van der Waals surface area contributed by atoms with Crippen molar-refractivity contribution in [3.63, 3.8) is 0 Å². The van der Waals surface area contributed by atoms with E-state index in [1.165, 1.54) is 55.8 Å². The van der Waals surface area contributed by atoms with E-state index in [0.29, 0.717) is 17.7 Å². The van der Waals surface area contributed by atoms with Gasteiger partial charge < -0.3 is 26.0 Å². The Bertz CT molecular complexity index is 1810. The summed E-state index contributed by atoms with van der Waals surface area (Å²) < 4.78 is 73.0. The lowest BCUT2D eigenvalue weighted by Crippen LogP contribution is -2.60. The number of nitriles is 1. The summed E-state index contributed by atoms with van der Waals surface area (Å²) in [4.78, 5) is 70.1. The van der Waals surface area contributed by atoms with E-state index in [0.717, 1.165) is 5.32 Å². The van der Waals surface area contributed by atoms with Gasteiger partial charge in [0.25, 0.3) is 11.8 Å². The van der Waals surface area contributed by atoms with Crippen LogP contribution in [-0.2, 0) is 25.6 Å². The Morgan fingerprint density at radius 3 is 2.21 bits per heavy atom. The van der Waals surface area contributed by atoms with Gasteiger partial charge in [-0.05, 0) is 66.3 Å². The Morgan fingerprint density at radius 2 is 1.63 bits per heavy atom. The van der Waals surface area contributed by atoms with Crippen LogP contribution in [0.2, 0.25) is 0 Å². The molecule has 2 aromatic carbocycles. The molecule has 52 heavy (non-hydrogen) atoms. The number of ketones is 1. The maximum atomic E-state index is 15.0. The highest BCUT2D eigenvalue weighted by molar-refractivity contribution is 6.11. The second kappa shape index (κ2) is 16.9. The number of benzene rings is 2. The quantitative estimate of drug-likeness (QED) is 0.136. The normalized spacial score (nSPS) is 14.7. The fourth-order valence-electron chi connectivity index (χ4n) is 5.29. The van der Waals surface area contributed by atoms with Gasteiger partial charge in [0.05, 0.1) is 24.8 Å². The number of hydrogen-bond donors (Lipinski definition) is 4. The number of amides is 4. The first-order valence-corrected chi connectivity index (χ1v) is 15.9. The second-order valence-corrected chi connectivity index (χ2v) is 11.9. The van der Waals surface area contributed by atoms with E-state index in [2.05, 4.69) is 20.9 Å². The van der Waals surface area contributed by atoms with Crippen LogP contribution in [0.4, 0.5) is 22.0 Å². The van der Waals surface area contributed by atoms with E-state index in [9.17, 15) is 42.4 Å². The second-order valence-electron chi connectivity index (χ2n) is 11.9. The topological polar surface area (TPSA) is 179 Å². The zero-order chi connectivity index (χ0) is 38.1. The first-order valence-electron chi connectivity index (χ1n) is 15.9. The summed E-state index contributed by atoms with van der Waals surface area (Å²) >= 11 is 0. The number of nitrogens with one attached hydrogen (secondary N) is 4. The first kappa shape index (κ1) is 38.9. The summed E-state index contributed by atoms with van der Waals surface area (Å²) in [5.74, 6) is -13.0. The fourth-order valence-corrected chi connectivity index (χ4v) is 5.29.